The summed E-state index contributed by atoms with van der Waals surface area (Å²) >= 11 is 5.75. The second-order valence-corrected chi connectivity index (χ2v) is 11.8. The number of carbonyl (C=O) groups excluding carboxylic acids is 2. The number of hydrogen-bond acceptors (Lipinski definition) is 9. The predicted octanol–water partition coefficient (Wildman–Crippen LogP) is 2.42. The fraction of sp³-hybridized carbons (Fsp3) is 0.440. The number of benzene rings is 1. The van der Waals surface area contributed by atoms with Crippen molar-refractivity contribution in [2.45, 2.75) is 37.7 Å². The molecule has 1 aromatic heterocycles. The fourth-order valence-corrected chi connectivity index (χ4v) is 5.98. The molecule has 1 saturated heterocycles. The molecule has 0 amide bonds. The highest BCUT2D eigenvalue weighted by Gasteiger charge is 2.40. The van der Waals surface area contributed by atoms with Crippen LogP contribution in [-0.2, 0) is 18.3 Å². The van der Waals surface area contributed by atoms with Crippen LogP contribution in [0.3, 0.4) is 0 Å². The van der Waals surface area contributed by atoms with E-state index in [9.17, 15) is 33.2 Å². The van der Waals surface area contributed by atoms with Gasteiger partial charge in [-0.15, -0.1) is 11.6 Å². The van der Waals surface area contributed by atoms with E-state index in [0.29, 0.717) is 24.9 Å². The number of aliphatic hydroxyl groups excluding tert-OH is 1. The number of aromatic amines is 1. The maximum Gasteiger partial charge on any atom is 0.408 e. The van der Waals surface area contributed by atoms with Gasteiger partial charge >= 0.3 is 13.4 Å². The lowest BCUT2D eigenvalue weighted by molar-refractivity contribution is -0.0453. The summed E-state index contributed by atoms with van der Waals surface area (Å²) in [6, 6.07) is 6.33. The minimum absolute atomic E-state index is 0.00151. The molecule has 4 atom stereocenters. The minimum Gasteiger partial charge on any atom is -0.390 e. The molecule has 0 saturated carbocycles. The number of aromatic nitrogens is 2. The summed E-state index contributed by atoms with van der Waals surface area (Å²) in [5, 5.41) is 10.5. The van der Waals surface area contributed by atoms with Gasteiger partial charge in [-0.25, -0.2) is 14.0 Å². The predicted molar refractivity (Wildman–Crippen MR) is 141 cm³/mol. The maximum atomic E-state index is 13.9. The standard InChI is InChI=1S/C25H28ClFN3O9P/c1-29(9-5-4-8-26)40(36,37-13-15-10-19(31)16-6-2-3-7-17(16)23(15)33)38-14-21-20(32)11-22(39-21)30-12-18(27)24(34)28-25(30)35/h2-3,6-7,10,12,20-22,32H,4-5,8-9,11,13-14H2,1H3,(H,28,34,35)/t20?,21-,22-,40?/m1/s1. The van der Waals surface area contributed by atoms with Crippen molar-refractivity contribution in [3.8, 4) is 0 Å². The average molecular weight is 600 g/mol. The molecule has 2 unspecified atom stereocenters. The highest BCUT2D eigenvalue weighted by molar-refractivity contribution is 7.51. The van der Waals surface area contributed by atoms with Gasteiger partial charge in [0.05, 0.1) is 25.5 Å². The number of ether oxygens (including phenoxy) is 1. The molecule has 2 aromatic rings. The Labute approximate surface area is 232 Å². The molecule has 1 aliphatic heterocycles. The number of H-pyrrole nitrogens is 1. The summed E-state index contributed by atoms with van der Waals surface area (Å²) in [6.45, 7) is -0.690. The third-order valence-corrected chi connectivity index (χ3v) is 8.78. The van der Waals surface area contributed by atoms with E-state index in [-0.39, 0.29) is 35.4 Å². The van der Waals surface area contributed by atoms with Crippen LogP contribution in [0.5, 0.6) is 0 Å². The Morgan fingerprint density at radius 2 is 1.93 bits per heavy atom. The fourth-order valence-electron chi connectivity index (χ4n) is 4.30. The van der Waals surface area contributed by atoms with Crippen LogP contribution < -0.4 is 11.2 Å². The van der Waals surface area contributed by atoms with Gasteiger partial charge in [0.1, 0.15) is 12.3 Å². The Hall–Kier alpha value is -2.77. The van der Waals surface area contributed by atoms with Gasteiger partial charge in [-0.3, -0.25) is 33.0 Å². The third-order valence-electron chi connectivity index (χ3n) is 6.54. The molecule has 4 rings (SSSR count). The van der Waals surface area contributed by atoms with Crippen LogP contribution in [-0.4, -0.2) is 75.8 Å². The molecule has 12 nitrogen and oxygen atoms in total. The molecular formula is C25H28ClFN3O9P. The number of alkyl halides is 1. The number of nitrogens with zero attached hydrogens (tertiary/aromatic N) is 2. The number of halogens is 2. The zero-order valence-electron chi connectivity index (χ0n) is 21.5. The second kappa shape index (κ2) is 12.8. The van der Waals surface area contributed by atoms with E-state index in [4.69, 9.17) is 25.4 Å². The Morgan fingerprint density at radius 3 is 2.65 bits per heavy atom. The van der Waals surface area contributed by atoms with Gasteiger partial charge in [0.15, 0.2) is 11.6 Å². The Kier molecular flexibility index (Phi) is 9.68. The Balaban J connectivity index is 1.47. The lowest BCUT2D eigenvalue weighted by Crippen LogP contribution is -2.34. The van der Waals surface area contributed by atoms with Gasteiger partial charge in [0.25, 0.3) is 5.56 Å². The van der Waals surface area contributed by atoms with E-state index in [2.05, 4.69) is 0 Å². The number of unbranched alkanes of at least 4 members (excludes halogenated alkanes) is 1. The molecule has 0 radical (unpaired) electrons. The number of nitrogens with one attached hydrogen (secondary N) is 1. The molecule has 216 valence electrons. The highest BCUT2D eigenvalue weighted by atomic mass is 35.5. The second-order valence-electron chi connectivity index (χ2n) is 9.30. The van der Waals surface area contributed by atoms with Crippen LogP contribution in [0.2, 0.25) is 0 Å². The molecule has 1 fully saturated rings. The van der Waals surface area contributed by atoms with Crippen molar-refractivity contribution in [3.05, 3.63) is 79.9 Å². The molecule has 0 spiro atoms. The molecule has 1 aliphatic carbocycles. The summed E-state index contributed by atoms with van der Waals surface area (Å²) in [4.78, 5) is 50.7. The van der Waals surface area contributed by atoms with Crippen LogP contribution >= 0.6 is 19.3 Å². The van der Waals surface area contributed by atoms with E-state index in [1.54, 1.807) is 12.1 Å². The topological polar surface area (TPSA) is 157 Å². The molecule has 2 N–H and O–H groups in total. The van der Waals surface area contributed by atoms with Gasteiger partial charge in [-0.1, -0.05) is 24.3 Å². The summed E-state index contributed by atoms with van der Waals surface area (Å²) in [7, 11) is -2.63. The highest BCUT2D eigenvalue weighted by Crippen LogP contribution is 2.52. The van der Waals surface area contributed by atoms with Gasteiger partial charge in [-0.05, 0) is 26.0 Å². The zero-order chi connectivity index (χ0) is 29.0. The van der Waals surface area contributed by atoms with Crippen LogP contribution in [0.4, 0.5) is 4.39 Å². The van der Waals surface area contributed by atoms with Crippen LogP contribution in [0.1, 0.15) is 46.2 Å². The molecule has 2 heterocycles. The van der Waals surface area contributed by atoms with E-state index in [1.807, 2.05) is 4.98 Å². The Bertz CT molecular complexity index is 1480. The van der Waals surface area contributed by atoms with E-state index >= 15 is 0 Å². The molecular weight excluding hydrogens is 572 g/mol. The van der Waals surface area contributed by atoms with E-state index < -0.39 is 62.2 Å². The van der Waals surface area contributed by atoms with Crippen molar-refractivity contribution < 1.29 is 37.4 Å². The molecule has 15 heteroatoms. The summed E-state index contributed by atoms with van der Waals surface area (Å²) < 4.78 is 46.7. The monoisotopic (exact) mass is 599 g/mol. The quantitative estimate of drug-likeness (QED) is 0.211. The number of hydrogen-bond donors (Lipinski definition) is 2. The smallest absolute Gasteiger partial charge is 0.390 e. The first-order valence-corrected chi connectivity index (χ1v) is 14.5. The van der Waals surface area contributed by atoms with Crippen molar-refractivity contribution in [1.82, 2.24) is 14.2 Å². The summed E-state index contributed by atoms with van der Waals surface area (Å²) in [5.74, 6) is -1.65. The third kappa shape index (κ3) is 6.58. The van der Waals surface area contributed by atoms with Crippen LogP contribution in [0, 0.1) is 5.82 Å². The normalized spacial score (nSPS) is 22.3. The zero-order valence-corrected chi connectivity index (χ0v) is 23.1. The molecule has 2 aliphatic rings. The van der Waals surface area contributed by atoms with Crippen molar-refractivity contribution in [3.63, 3.8) is 0 Å². The SMILES string of the molecule is CN(CCCCCl)P(=O)(OCC1=CC(=O)c2ccccc2C1=O)OC[C@H]1O[C@@H](n2cc(F)c(=O)[nH]c2=O)CC1O. The number of rotatable bonds is 12. The van der Waals surface area contributed by atoms with Crippen LogP contribution in [0.15, 0.2) is 51.7 Å². The number of Topliss-reactive ketones (excluding diaryl/α,β-unsaturated/α-hetero) is 1. The minimum atomic E-state index is -4.12. The molecule has 1 aromatic carbocycles. The van der Waals surface area contributed by atoms with Crippen LogP contribution in [0.25, 0.3) is 0 Å². The van der Waals surface area contributed by atoms with Crippen molar-refractivity contribution in [1.29, 1.82) is 0 Å². The number of ketones is 2. The van der Waals surface area contributed by atoms with Gasteiger partial charge in [0, 0.05) is 35.5 Å². The van der Waals surface area contributed by atoms with E-state index in [1.165, 1.54) is 23.9 Å². The van der Waals surface area contributed by atoms with Crippen molar-refractivity contribution in [2.24, 2.45) is 0 Å². The first kappa shape index (κ1) is 30.2. The average Bonchev–Trinajstić information content (AvgIpc) is 3.30. The summed E-state index contributed by atoms with van der Waals surface area (Å²) in [6.07, 6.45) is -0.568. The lowest BCUT2D eigenvalue weighted by Gasteiger charge is -2.29. The molecule has 40 heavy (non-hydrogen) atoms. The number of allylic oxidation sites excluding steroid dienone is 1. The van der Waals surface area contributed by atoms with Gasteiger partial charge < -0.3 is 9.84 Å². The Morgan fingerprint density at radius 1 is 1.20 bits per heavy atom. The van der Waals surface area contributed by atoms with E-state index in [0.717, 1.165) is 10.6 Å². The number of aliphatic hydroxyl groups is 1. The molecule has 0 bridgehead atoms. The first-order valence-electron chi connectivity index (χ1n) is 12.4. The number of fused-ring (bicyclic) bond motifs is 1. The lowest BCUT2D eigenvalue weighted by atomic mass is 9.90. The largest absolute Gasteiger partial charge is 0.408 e. The van der Waals surface area contributed by atoms with Crippen molar-refractivity contribution in [2.75, 3.05) is 32.7 Å². The first-order chi connectivity index (χ1) is 19.0. The van der Waals surface area contributed by atoms with Crippen molar-refractivity contribution >= 4 is 30.9 Å². The van der Waals surface area contributed by atoms with Gasteiger partial charge in [0.2, 0.25) is 5.82 Å². The maximum absolute atomic E-state index is 13.9. The summed E-state index contributed by atoms with van der Waals surface area (Å²) in [5.41, 5.74) is -1.65. The number of carbonyl (C=O) groups is 2. The van der Waals surface area contributed by atoms with Gasteiger partial charge in [-0.2, -0.15) is 4.39 Å².